The van der Waals surface area contributed by atoms with Gasteiger partial charge in [-0.25, -0.2) is 4.98 Å². The van der Waals surface area contributed by atoms with Crippen molar-refractivity contribution in [3.63, 3.8) is 0 Å². The molecule has 0 spiro atoms. The van der Waals surface area contributed by atoms with Gasteiger partial charge in [-0.2, -0.15) is 5.26 Å². The summed E-state index contributed by atoms with van der Waals surface area (Å²) >= 11 is 1.51. The maximum Gasteiger partial charge on any atom is 0.230 e. The molecule has 1 aromatic rings. The van der Waals surface area contributed by atoms with Crippen LogP contribution in [0.3, 0.4) is 0 Å². The van der Waals surface area contributed by atoms with Crippen LogP contribution in [0, 0.1) is 31.1 Å². The number of hydrogen-bond acceptors (Lipinski definition) is 4. The molecule has 1 fully saturated rings. The normalized spacial score (nSPS) is 20.7. The van der Waals surface area contributed by atoms with Crippen LogP contribution in [0.2, 0.25) is 0 Å². The second kappa shape index (κ2) is 3.63. The number of aryl methyl sites for hydroxylation is 2. The number of nitriles is 1. The molecule has 78 valence electrons. The summed E-state index contributed by atoms with van der Waals surface area (Å²) in [6.45, 7) is 4.40. The Bertz CT molecular complexity index is 427. The third kappa shape index (κ3) is 1.73. The number of carbonyl (C=O) groups excluding carboxylic acids is 1. The first-order chi connectivity index (χ1) is 7.11. The Morgan fingerprint density at radius 2 is 2.33 bits per heavy atom. The molecule has 1 aliphatic heterocycles. The zero-order valence-corrected chi connectivity index (χ0v) is 9.47. The lowest BCUT2D eigenvalue weighted by atomic mass is 10.1. The van der Waals surface area contributed by atoms with Crippen LogP contribution in [0.1, 0.15) is 17.0 Å². The van der Waals surface area contributed by atoms with Crippen LogP contribution in [0.25, 0.3) is 0 Å². The molecule has 0 radical (unpaired) electrons. The van der Waals surface area contributed by atoms with Crippen LogP contribution < -0.4 is 4.90 Å². The van der Waals surface area contributed by atoms with E-state index in [1.807, 2.05) is 13.8 Å². The lowest BCUT2D eigenvalue weighted by Gasteiger charge is -2.10. The Labute approximate surface area is 92.2 Å². The third-order valence-electron chi connectivity index (χ3n) is 2.56. The first-order valence-corrected chi connectivity index (χ1v) is 5.57. The Morgan fingerprint density at radius 3 is 2.80 bits per heavy atom. The van der Waals surface area contributed by atoms with Crippen molar-refractivity contribution in [1.82, 2.24) is 4.98 Å². The van der Waals surface area contributed by atoms with Crippen molar-refractivity contribution >= 4 is 22.4 Å². The molecule has 0 bridgehead atoms. The molecule has 0 aliphatic carbocycles. The fourth-order valence-corrected chi connectivity index (χ4v) is 2.49. The minimum atomic E-state index is -0.179. The van der Waals surface area contributed by atoms with E-state index >= 15 is 0 Å². The van der Waals surface area contributed by atoms with E-state index in [9.17, 15) is 4.79 Å². The van der Waals surface area contributed by atoms with Gasteiger partial charge in [0.15, 0.2) is 5.13 Å². The molecule has 1 aliphatic rings. The zero-order valence-electron chi connectivity index (χ0n) is 8.65. The highest BCUT2D eigenvalue weighted by atomic mass is 32.1. The van der Waals surface area contributed by atoms with E-state index in [-0.39, 0.29) is 11.8 Å². The number of aromatic nitrogens is 1. The summed E-state index contributed by atoms with van der Waals surface area (Å²) in [5.41, 5.74) is 0.961. The Balaban J connectivity index is 2.26. The first-order valence-electron chi connectivity index (χ1n) is 4.76. The summed E-state index contributed by atoms with van der Waals surface area (Å²) in [5, 5.41) is 9.49. The van der Waals surface area contributed by atoms with Crippen LogP contribution in [-0.2, 0) is 4.79 Å². The summed E-state index contributed by atoms with van der Waals surface area (Å²) < 4.78 is 0. The van der Waals surface area contributed by atoms with E-state index in [4.69, 9.17) is 5.26 Å². The average Bonchev–Trinajstić information content (AvgIpc) is 2.71. The number of amides is 1. The lowest BCUT2D eigenvalue weighted by molar-refractivity contribution is -0.117. The van der Waals surface area contributed by atoms with E-state index in [1.54, 1.807) is 4.90 Å². The molecule has 1 amide bonds. The number of rotatable bonds is 1. The van der Waals surface area contributed by atoms with Gasteiger partial charge in [0.1, 0.15) is 0 Å². The Hall–Kier alpha value is -1.41. The molecular formula is C10H11N3OS. The lowest BCUT2D eigenvalue weighted by Crippen LogP contribution is -2.24. The summed E-state index contributed by atoms with van der Waals surface area (Å²) in [5.74, 6) is -0.169. The van der Waals surface area contributed by atoms with E-state index in [2.05, 4.69) is 11.1 Å². The molecule has 2 rings (SSSR count). The smallest absolute Gasteiger partial charge is 0.230 e. The largest absolute Gasteiger partial charge is 0.287 e. The number of hydrogen-bond donors (Lipinski definition) is 0. The van der Waals surface area contributed by atoms with Gasteiger partial charge in [0.05, 0.1) is 17.7 Å². The molecule has 1 saturated heterocycles. The predicted octanol–water partition coefficient (Wildman–Crippen LogP) is 1.64. The van der Waals surface area contributed by atoms with Crippen LogP contribution in [0.5, 0.6) is 0 Å². The number of thiazole rings is 1. The van der Waals surface area contributed by atoms with Crippen molar-refractivity contribution in [2.24, 2.45) is 5.92 Å². The molecule has 2 heterocycles. The van der Waals surface area contributed by atoms with Crippen LogP contribution in [0.15, 0.2) is 0 Å². The highest BCUT2D eigenvalue weighted by Crippen LogP contribution is 2.30. The van der Waals surface area contributed by atoms with E-state index in [0.29, 0.717) is 13.0 Å². The van der Waals surface area contributed by atoms with E-state index < -0.39 is 0 Å². The first kappa shape index (κ1) is 10.1. The van der Waals surface area contributed by atoms with Gasteiger partial charge in [0, 0.05) is 17.8 Å². The second-order valence-electron chi connectivity index (χ2n) is 3.67. The molecule has 0 N–H and O–H groups in total. The van der Waals surface area contributed by atoms with Gasteiger partial charge in [-0.15, -0.1) is 11.3 Å². The maximum atomic E-state index is 11.6. The minimum Gasteiger partial charge on any atom is -0.287 e. The molecule has 0 saturated carbocycles. The summed E-state index contributed by atoms with van der Waals surface area (Å²) in [7, 11) is 0. The second-order valence-corrected chi connectivity index (χ2v) is 4.85. The highest BCUT2D eigenvalue weighted by Gasteiger charge is 2.32. The molecule has 1 atom stereocenters. The van der Waals surface area contributed by atoms with Crippen LogP contribution in [0.4, 0.5) is 5.13 Å². The molecule has 1 unspecified atom stereocenters. The highest BCUT2D eigenvalue weighted by molar-refractivity contribution is 7.15. The molecule has 4 nitrogen and oxygen atoms in total. The van der Waals surface area contributed by atoms with E-state index in [1.165, 1.54) is 11.3 Å². The van der Waals surface area contributed by atoms with Gasteiger partial charge in [0.2, 0.25) is 5.91 Å². The molecular weight excluding hydrogens is 210 g/mol. The average molecular weight is 221 g/mol. The summed E-state index contributed by atoms with van der Waals surface area (Å²) in [6, 6.07) is 2.13. The van der Waals surface area contributed by atoms with Crippen molar-refractivity contribution in [3.05, 3.63) is 10.6 Å². The monoisotopic (exact) mass is 221 g/mol. The summed E-state index contributed by atoms with van der Waals surface area (Å²) in [4.78, 5) is 18.7. The van der Waals surface area contributed by atoms with Gasteiger partial charge in [0.25, 0.3) is 0 Å². The SMILES string of the molecule is Cc1nc(N2CC(C#N)CC2=O)sc1C. The molecule has 1 aromatic heterocycles. The summed E-state index contributed by atoms with van der Waals surface area (Å²) in [6.07, 6.45) is 0.328. The van der Waals surface area contributed by atoms with Gasteiger partial charge < -0.3 is 0 Å². The Kier molecular flexibility index (Phi) is 2.45. The van der Waals surface area contributed by atoms with Crippen molar-refractivity contribution < 1.29 is 4.79 Å². The number of carbonyl (C=O) groups is 1. The van der Waals surface area contributed by atoms with Crippen molar-refractivity contribution in [2.45, 2.75) is 20.3 Å². The topological polar surface area (TPSA) is 57.0 Å². The van der Waals surface area contributed by atoms with Gasteiger partial charge in [-0.3, -0.25) is 9.69 Å². The van der Waals surface area contributed by atoms with Gasteiger partial charge in [-0.05, 0) is 13.8 Å². The fraction of sp³-hybridized carbons (Fsp3) is 0.500. The van der Waals surface area contributed by atoms with Crippen LogP contribution in [-0.4, -0.2) is 17.4 Å². The minimum absolute atomic E-state index is 0.00954. The predicted molar refractivity (Wildman–Crippen MR) is 57.7 cm³/mol. The van der Waals surface area contributed by atoms with Crippen molar-refractivity contribution in [2.75, 3.05) is 11.4 Å². The van der Waals surface area contributed by atoms with E-state index in [0.717, 1.165) is 15.7 Å². The quantitative estimate of drug-likeness (QED) is 0.724. The van der Waals surface area contributed by atoms with Gasteiger partial charge in [-0.1, -0.05) is 0 Å². The van der Waals surface area contributed by atoms with Crippen molar-refractivity contribution in [1.29, 1.82) is 5.26 Å². The fourth-order valence-electron chi connectivity index (χ4n) is 1.55. The third-order valence-corrected chi connectivity index (χ3v) is 3.65. The van der Waals surface area contributed by atoms with Crippen molar-refractivity contribution in [3.8, 4) is 6.07 Å². The van der Waals surface area contributed by atoms with Gasteiger partial charge >= 0.3 is 0 Å². The molecule has 15 heavy (non-hydrogen) atoms. The number of anilines is 1. The zero-order chi connectivity index (χ0) is 11.0. The Morgan fingerprint density at radius 1 is 1.60 bits per heavy atom. The standard InChI is InChI=1S/C10H11N3OS/c1-6-7(2)15-10(12-6)13-5-8(4-11)3-9(13)14/h8H,3,5H2,1-2H3. The maximum absolute atomic E-state index is 11.6. The number of nitrogens with zero attached hydrogens (tertiary/aromatic N) is 3. The molecule has 0 aromatic carbocycles. The molecule has 5 heteroatoms. The van der Waals surface area contributed by atoms with Crippen LogP contribution >= 0.6 is 11.3 Å².